The van der Waals surface area contributed by atoms with E-state index in [1.807, 2.05) is 49.6 Å². The van der Waals surface area contributed by atoms with Gasteiger partial charge >= 0.3 is 6.09 Å². The van der Waals surface area contributed by atoms with Crippen LogP contribution in [0.4, 0.5) is 4.79 Å². The van der Waals surface area contributed by atoms with Crippen LogP contribution in [0, 0.1) is 0 Å². The topological polar surface area (TPSA) is 68.5 Å². The van der Waals surface area contributed by atoms with Crippen LogP contribution in [0.15, 0.2) is 24.4 Å². The number of fused-ring (bicyclic) bond motifs is 1. The molecule has 0 bridgehead atoms. The van der Waals surface area contributed by atoms with Gasteiger partial charge in [0.2, 0.25) is 0 Å². The molecular formula is C13H18N4O2. The van der Waals surface area contributed by atoms with E-state index in [9.17, 15) is 4.79 Å². The molecule has 0 saturated carbocycles. The molecule has 0 spiro atoms. The number of pyridine rings is 1. The van der Waals surface area contributed by atoms with Gasteiger partial charge in [0.15, 0.2) is 5.65 Å². The van der Waals surface area contributed by atoms with Crippen LogP contribution in [0.5, 0.6) is 0 Å². The third-order valence-electron chi connectivity index (χ3n) is 2.40. The number of rotatable bonds is 3. The fourth-order valence-electron chi connectivity index (χ4n) is 1.65. The molecule has 2 rings (SSSR count). The fraction of sp³-hybridized carbons (Fsp3) is 0.462. The first kappa shape index (κ1) is 13.3. The van der Waals surface area contributed by atoms with Crippen molar-refractivity contribution in [1.82, 2.24) is 19.9 Å². The summed E-state index contributed by atoms with van der Waals surface area (Å²) < 4.78 is 7.05. The van der Waals surface area contributed by atoms with Crippen LogP contribution in [0.1, 0.15) is 26.6 Å². The standard InChI is InChI=1S/C13H18N4O2/c1-13(2,3)19-12(18)14-8-7-11-16-15-10-6-4-5-9-17(10)11/h4-6,9H,7-8H2,1-3H3,(H,14,18). The molecule has 0 aromatic carbocycles. The molecule has 0 aliphatic carbocycles. The molecule has 6 heteroatoms. The van der Waals surface area contributed by atoms with Crippen LogP contribution in [0.25, 0.3) is 5.65 Å². The second-order valence-corrected chi connectivity index (χ2v) is 5.22. The fourth-order valence-corrected chi connectivity index (χ4v) is 1.65. The first-order valence-corrected chi connectivity index (χ1v) is 6.21. The number of hydrogen-bond acceptors (Lipinski definition) is 4. The normalized spacial score (nSPS) is 11.5. The highest BCUT2D eigenvalue weighted by Gasteiger charge is 2.15. The van der Waals surface area contributed by atoms with E-state index >= 15 is 0 Å². The Morgan fingerprint density at radius 3 is 2.89 bits per heavy atom. The molecule has 2 heterocycles. The lowest BCUT2D eigenvalue weighted by molar-refractivity contribution is 0.0528. The molecule has 0 radical (unpaired) electrons. The maximum Gasteiger partial charge on any atom is 0.407 e. The van der Waals surface area contributed by atoms with Crippen molar-refractivity contribution in [3.8, 4) is 0 Å². The average Bonchev–Trinajstić information content (AvgIpc) is 2.70. The van der Waals surface area contributed by atoms with E-state index in [1.165, 1.54) is 0 Å². The molecule has 1 amide bonds. The van der Waals surface area contributed by atoms with Crippen LogP contribution >= 0.6 is 0 Å². The Kier molecular flexibility index (Phi) is 3.69. The van der Waals surface area contributed by atoms with Crippen molar-refractivity contribution in [3.63, 3.8) is 0 Å². The number of amides is 1. The summed E-state index contributed by atoms with van der Waals surface area (Å²) in [7, 11) is 0. The molecule has 0 saturated heterocycles. The maximum absolute atomic E-state index is 11.5. The molecule has 0 aliphatic rings. The van der Waals surface area contributed by atoms with Gasteiger partial charge < -0.3 is 10.1 Å². The summed E-state index contributed by atoms with van der Waals surface area (Å²) in [5.41, 5.74) is 0.320. The first-order chi connectivity index (χ1) is 8.96. The second-order valence-electron chi connectivity index (χ2n) is 5.22. The van der Waals surface area contributed by atoms with Crippen molar-refractivity contribution >= 4 is 11.7 Å². The summed E-state index contributed by atoms with van der Waals surface area (Å²) in [6.07, 6.45) is 2.09. The first-order valence-electron chi connectivity index (χ1n) is 6.21. The van der Waals surface area contributed by atoms with Gasteiger partial charge in [-0.15, -0.1) is 10.2 Å². The summed E-state index contributed by atoms with van der Waals surface area (Å²) >= 11 is 0. The van der Waals surface area contributed by atoms with E-state index in [4.69, 9.17) is 4.74 Å². The van der Waals surface area contributed by atoms with Crippen molar-refractivity contribution in [3.05, 3.63) is 30.2 Å². The van der Waals surface area contributed by atoms with Gasteiger partial charge in [0.25, 0.3) is 0 Å². The largest absolute Gasteiger partial charge is 0.444 e. The van der Waals surface area contributed by atoms with Crippen molar-refractivity contribution in [1.29, 1.82) is 0 Å². The van der Waals surface area contributed by atoms with Crippen LogP contribution in [0.2, 0.25) is 0 Å². The Labute approximate surface area is 111 Å². The predicted molar refractivity (Wildman–Crippen MR) is 70.9 cm³/mol. The highest BCUT2D eigenvalue weighted by molar-refractivity contribution is 5.67. The van der Waals surface area contributed by atoms with Gasteiger partial charge in [0, 0.05) is 19.2 Å². The summed E-state index contributed by atoms with van der Waals surface area (Å²) in [6, 6.07) is 5.71. The number of carbonyl (C=O) groups is 1. The zero-order valence-corrected chi connectivity index (χ0v) is 11.4. The molecule has 0 aliphatic heterocycles. The highest BCUT2D eigenvalue weighted by Crippen LogP contribution is 2.06. The molecule has 2 aromatic rings. The van der Waals surface area contributed by atoms with Gasteiger partial charge in [-0.1, -0.05) is 6.07 Å². The quantitative estimate of drug-likeness (QED) is 0.915. The minimum absolute atomic E-state index is 0.415. The molecule has 0 fully saturated rings. The molecular weight excluding hydrogens is 244 g/mol. The Morgan fingerprint density at radius 1 is 1.37 bits per heavy atom. The van der Waals surface area contributed by atoms with E-state index in [2.05, 4.69) is 15.5 Å². The van der Waals surface area contributed by atoms with Crippen molar-refractivity contribution < 1.29 is 9.53 Å². The SMILES string of the molecule is CC(C)(C)OC(=O)NCCc1nnc2ccccn12. The van der Waals surface area contributed by atoms with Gasteiger partial charge in [0.1, 0.15) is 11.4 Å². The van der Waals surface area contributed by atoms with Crippen LogP contribution < -0.4 is 5.32 Å². The van der Waals surface area contributed by atoms with Gasteiger partial charge in [-0.25, -0.2) is 4.79 Å². The second kappa shape index (κ2) is 5.26. The number of ether oxygens (including phenoxy) is 1. The van der Waals surface area contributed by atoms with E-state index in [1.54, 1.807) is 0 Å². The Hall–Kier alpha value is -2.11. The zero-order valence-electron chi connectivity index (χ0n) is 11.4. The monoisotopic (exact) mass is 262 g/mol. The lowest BCUT2D eigenvalue weighted by Gasteiger charge is -2.19. The smallest absolute Gasteiger partial charge is 0.407 e. The molecule has 19 heavy (non-hydrogen) atoms. The molecule has 102 valence electrons. The number of aromatic nitrogens is 3. The van der Waals surface area contributed by atoms with Crippen LogP contribution in [-0.4, -0.2) is 32.8 Å². The zero-order chi connectivity index (χ0) is 13.9. The lowest BCUT2D eigenvalue weighted by atomic mass is 10.2. The number of hydrogen-bond donors (Lipinski definition) is 1. The molecule has 0 unspecified atom stereocenters. The summed E-state index contributed by atoms with van der Waals surface area (Å²) in [6.45, 7) is 5.96. The van der Waals surface area contributed by atoms with E-state index in [-0.39, 0.29) is 0 Å². The van der Waals surface area contributed by atoms with Crippen molar-refractivity contribution in [2.24, 2.45) is 0 Å². The van der Waals surface area contributed by atoms with E-state index in [0.29, 0.717) is 13.0 Å². The third-order valence-corrected chi connectivity index (χ3v) is 2.40. The van der Waals surface area contributed by atoms with Gasteiger partial charge in [-0.3, -0.25) is 4.40 Å². The van der Waals surface area contributed by atoms with E-state index < -0.39 is 11.7 Å². The number of carbonyl (C=O) groups excluding carboxylic acids is 1. The highest BCUT2D eigenvalue weighted by atomic mass is 16.6. The molecule has 2 aromatic heterocycles. The Bertz CT molecular complexity index is 571. The minimum Gasteiger partial charge on any atom is -0.444 e. The number of nitrogens with one attached hydrogen (secondary N) is 1. The van der Waals surface area contributed by atoms with Crippen LogP contribution in [-0.2, 0) is 11.2 Å². The number of alkyl carbamates (subject to hydrolysis) is 1. The molecule has 1 N–H and O–H groups in total. The van der Waals surface area contributed by atoms with Gasteiger partial charge in [-0.2, -0.15) is 0 Å². The van der Waals surface area contributed by atoms with Crippen molar-refractivity contribution in [2.45, 2.75) is 32.8 Å². The summed E-state index contributed by atoms with van der Waals surface area (Å²) in [4.78, 5) is 11.5. The van der Waals surface area contributed by atoms with E-state index in [0.717, 1.165) is 11.5 Å². The van der Waals surface area contributed by atoms with Crippen molar-refractivity contribution in [2.75, 3.05) is 6.54 Å². The van der Waals surface area contributed by atoms with Crippen LogP contribution in [0.3, 0.4) is 0 Å². The van der Waals surface area contributed by atoms with Gasteiger partial charge in [-0.05, 0) is 32.9 Å². The lowest BCUT2D eigenvalue weighted by Crippen LogP contribution is -2.33. The molecule has 6 nitrogen and oxygen atoms in total. The Balaban J connectivity index is 1.88. The number of nitrogens with zero attached hydrogens (tertiary/aromatic N) is 3. The maximum atomic E-state index is 11.5. The predicted octanol–water partition coefficient (Wildman–Crippen LogP) is 1.80. The van der Waals surface area contributed by atoms with Gasteiger partial charge in [0.05, 0.1) is 0 Å². The summed E-state index contributed by atoms with van der Waals surface area (Å²) in [5, 5.41) is 10.8. The summed E-state index contributed by atoms with van der Waals surface area (Å²) in [5.74, 6) is 0.812. The average molecular weight is 262 g/mol. The molecule has 0 atom stereocenters. The Morgan fingerprint density at radius 2 is 2.16 bits per heavy atom. The third kappa shape index (κ3) is 3.67. The minimum atomic E-state index is -0.481.